The van der Waals surface area contributed by atoms with Crippen molar-refractivity contribution in [1.29, 1.82) is 0 Å². The van der Waals surface area contributed by atoms with Crippen LogP contribution >= 0.6 is 0 Å². The van der Waals surface area contributed by atoms with Crippen molar-refractivity contribution >= 4 is 93.4 Å². The van der Waals surface area contributed by atoms with Gasteiger partial charge in [0, 0.05) is 62.8 Å². The number of hydrogen-bond donors (Lipinski definition) is 9. The molecule has 1 aromatic heterocycles. The molecule has 10 N–H and O–H groups in total. The summed E-state index contributed by atoms with van der Waals surface area (Å²) in [6.07, 6.45) is 2.10. The fraction of sp³-hybridized carbons (Fsp3) is 0.782. The number of alkyl carbamates (subject to hydrolysis) is 1. The first-order chi connectivity index (χ1) is 39.7. The number of ether oxygens (including phenoxy) is 1. The zero-order valence-electron chi connectivity index (χ0n) is 59.6. The van der Waals surface area contributed by atoms with Gasteiger partial charge >= 0.3 is 24.1 Å². The van der Waals surface area contributed by atoms with E-state index >= 15 is 0 Å². The number of sulfonamides is 4. The van der Waals surface area contributed by atoms with Gasteiger partial charge < -0.3 is 24.7 Å². The number of imide groups is 2. The number of nitrogens with one attached hydrogen (secondary N) is 8. The van der Waals surface area contributed by atoms with Gasteiger partial charge in [-0.1, -0.05) is 130 Å². The third kappa shape index (κ3) is 58.2. The van der Waals surface area contributed by atoms with E-state index in [-0.39, 0.29) is 75.6 Å². The number of rotatable bonds is 3. The Morgan fingerprint density at radius 2 is 1.08 bits per heavy atom. The fourth-order valence-corrected chi connectivity index (χ4v) is 6.82. The topological polar surface area (TPSA) is 480 Å². The van der Waals surface area contributed by atoms with Gasteiger partial charge in [-0.15, -0.1) is 5.10 Å². The van der Waals surface area contributed by atoms with Crippen LogP contribution in [0, 0.1) is 27.6 Å². The minimum absolute atomic E-state index is 0. The maximum absolute atomic E-state index is 11.0. The summed E-state index contributed by atoms with van der Waals surface area (Å²) in [4.78, 5) is 89.1. The molecule has 0 aliphatic carbocycles. The van der Waals surface area contributed by atoms with Gasteiger partial charge in [-0.25, -0.2) is 67.4 Å². The second kappa shape index (κ2) is 39.3. The fourth-order valence-electron chi connectivity index (χ4n) is 4.68. The molecule has 4 aliphatic heterocycles. The first kappa shape index (κ1) is 97.4. The van der Waals surface area contributed by atoms with Crippen molar-refractivity contribution < 1.29 is 99.9 Å². The van der Waals surface area contributed by atoms with Crippen molar-refractivity contribution in [2.75, 3.05) is 31.9 Å². The summed E-state index contributed by atoms with van der Waals surface area (Å²) in [6.45, 7) is 51.4. The van der Waals surface area contributed by atoms with Crippen LogP contribution < -0.4 is 46.1 Å². The number of aromatic nitrogens is 1. The Bertz CT molecular complexity index is 3160. The summed E-state index contributed by atoms with van der Waals surface area (Å²) in [5, 5.41) is 30.7. The molecule has 2 fully saturated rings. The van der Waals surface area contributed by atoms with Gasteiger partial charge in [-0.2, -0.15) is 10.3 Å². The Labute approximate surface area is 558 Å². The number of hydrogen-bond acceptors (Lipinski definition) is 23. The Hall–Kier alpha value is -5.66. The smallest absolute Gasteiger partial charge is 0.414 e. The van der Waals surface area contributed by atoms with Gasteiger partial charge in [0.25, 0.3) is 11.5 Å². The summed E-state index contributed by atoms with van der Waals surface area (Å²) < 4.78 is 99.1. The van der Waals surface area contributed by atoms with E-state index in [1.54, 1.807) is 87.8 Å². The number of aromatic amines is 1. The van der Waals surface area contributed by atoms with Crippen LogP contribution in [0.1, 0.15) is 199 Å². The zero-order valence-corrected chi connectivity index (χ0v) is 64.2. The number of H-pyrrole nitrogens is 1. The van der Waals surface area contributed by atoms with Crippen LogP contribution in [0.2, 0.25) is 0 Å². The molecule has 4 aliphatic rings. The van der Waals surface area contributed by atoms with Crippen molar-refractivity contribution in [2.24, 2.45) is 53.3 Å². The van der Waals surface area contributed by atoms with Crippen molar-refractivity contribution in [1.82, 2.24) is 40.6 Å². The molecule has 5 rings (SSSR count). The summed E-state index contributed by atoms with van der Waals surface area (Å²) in [5.41, 5.74) is -0.0267. The molecule has 1 unspecified atom stereocenters. The Morgan fingerprint density at radius 1 is 0.641 bits per heavy atom. The quantitative estimate of drug-likeness (QED) is 0.121. The minimum atomic E-state index is -3.46. The van der Waals surface area contributed by atoms with Crippen molar-refractivity contribution in [2.45, 2.75) is 221 Å². The van der Waals surface area contributed by atoms with Gasteiger partial charge in [-0.05, 0) is 73.5 Å². The summed E-state index contributed by atoms with van der Waals surface area (Å²) in [6, 6.07) is 0.370. The molecule has 1 radical (unpaired) electrons. The second-order valence-electron chi connectivity index (χ2n) is 29.4. The molecule has 0 spiro atoms. The number of nitrogens with zero attached hydrogens (tertiary/aromatic N) is 4. The van der Waals surface area contributed by atoms with Crippen LogP contribution in [0.4, 0.5) is 14.4 Å². The predicted octanol–water partition coefficient (Wildman–Crippen LogP) is 6.17. The van der Waals surface area contributed by atoms with Crippen LogP contribution in [0.3, 0.4) is 0 Å². The molecule has 5 heterocycles. The number of cyclic esters (lactones) is 1. The van der Waals surface area contributed by atoms with Crippen molar-refractivity contribution in [3.8, 4) is 0 Å². The third-order valence-electron chi connectivity index (χ3n) is 9.22. The van der Waals surface area contributed by atoms with Gasteiger partial charge in [0.1, 0.15) is 12.3 Å². The summed E-state index contributed by atoms with van der Waals surface area (Å²) >= 11 is 0. The first-order valence-electron chi connectivity index (χ1n) is 28.0. The zero-order chi connectivity index (χ0) is 73.9. The Balaban J connectivity index is -0.000000225. The van der Waals surface area contributed by atoms with E-state index in [2.05, 4.69) is 92.8 Å². The van der Waals surface area contributed by atoms with Crippen LogP contribution in [0.5, 0.6) is 0 Å². The number of urea groups is 2. The number of amides is 8. The number of carbonyl (C=O) groups is 7. The molecule has 537 valence electrons. The molecule has 32 nitrogen and oxygen atoms in total. The van der Waals surface area contributed by atoms with Gasteiger partial charge in [0.2, 0.25) is 51.9 Å². The molecular formula is C55H109N13O19S4V. The first-order valence-corrected chi connectivity index (χ1v) is 35.3. The molecule has 0 bridgehead atoms. The van der Waals surface area contributed by atoms with E-state index in [0.717, 1.165) is 36.1 Å². The molecule has 1 aromatic rings. The largest absolute Gasteiger partial charge is 0.435 e. The molecule has 37 heteroatoms. The predicted molar refractivity (Wildman–Crippen MR) is 351 cm³/mol. The molecule has 92 heavy (non-hydrogen) atoms. The molecule has 8 amide bonds. The van der Waals surface area contributed by atoms with E-state index in [9.17, 15) is 72.0 Å². The van der Waals surface area contributed by atoms with Gasteiger partial charge in [0.05, 0.1) is 47.9 Å². The monoisotopic (exact) mass is 1430 g/mol. The Morgan fingerprint density at radius 3 is 1.22 bits per heavy atom. The standard InChI is InChI=1S/C7H11NO3.2C7H11NO2.C6H11N3.C6H14N2O3S.C6H13NO3S.C5H13NO2S.C4H11NO2S.C4H10.C3H4N2O2.V/c1-7(2,3)4-5(9)8-6(10)11-4;1-7(2,3)5-4-6(9)8-10-5;1-7(2,3)5-4-6(9)10-8-5;1-6(2,3)5-4-7-9-8-5;1-6(2,3)7-5(9)8-12(4,10)11;1-6(2,3)5(8)7-11(4,9)10;1-5(2,3)6-9(4,7)8;1-4(2,3)8(5,6)7;1-4(2)3;6-2-1-4-3(7)5-2;/h4H,1-3H3,(H,8,9,10);4H,1-3H3,(H,8,9);4H2,1-3H3;4H2,1-3H3;1-4H3,(H2,7,8,9);1-4H3,(H,7,8);6H,1-4H3;1-3H3,(H2,5,6,7);4H,1-3H3;1H2,(H2,4,5,6,7);. The molecular weight excluding hydrogens is 1330 g/mol. The average Bonchev–Trinajstić information content (AvgIpc) is 2.03. The maximum Gasteiger partial charge on any atom is 0.414 e. The van der Waals surface area contributed by atoms with E-state index in [4.69, 9.17) is 14.4 Å². The van der Waals surface area contributed by atoms with E-state index in [1.807, 2.05) is 72.4 Å². The molecule has 1 atom stereocenters. The number of nitrogens with two attached hydrogens (primary N) is 1. The van der Waals surface area contributed by atoms with E-state index in [0.29, 0.717) is 18.7 Å². The van der Waals surface area contributed by atoms with E-state index < -0.39 is 86.0 Å². The summed E-state index contributed by atoms with van der Waals surface area (Å²) in [7, 11) is -13.2. The number of oxime groups is 1. The van der Waals surface area contributed by atoms with Crippen LogP contribution in [-0.2, 0) is 92.8 Å². The number of carbonyl (C=O) groups excluding carboxylic acids is 7. The second-order valence-corrected chi connectivity index (χ2v) is 36.9. The minimum Gasteiger partial charge on any atom is -0.435 e. The van der Waals surface area contributed by atoms with Gasteiger partial charge in [-0.3, -0.25) is 34.5 Å². The molecule has 0 aromatic carbocycles. The SMILES string of the molecule is CC(C)(C)C(=O)NS(C)(=O)=O.CC(C)(C)C1=NN=NC1.CC(C)(C)C1=NOC(=O)C1.CC(C)(C)C1OC(=O)NC1=O.CC(C)(C)NC(=O)NS(C)(=O)=O.CC(C)(C)NS(C)(=O)=O.CC(C)(C)S(N)(=O)=O.CC(C)(C)c1cc(=O)[nH]o1.CC(C)C.O=C1CNC(=O)N1.[V]. The van der Waals surface area contributed by atoms with Crippen LogP contribution in [-0.4, -0.2) is 146 Å². The molecule has 0 saturated carbocycles. The van der Waals surface area contributed by atoms with Crippen LogP contribution in [0.25, 0.3) is 0 Å². The normalized spacial score (nSPS) is 15.6. The number of primary sulfonamides is 1. The molecule has 2 saturated heterocycles. The van der Waals surface area contributed by atoms with Crippen molar-refractivity contribution in [3.63, 3.8) is 0 Å². The maximum atomic E-state index is 11.0. The average molecular weight is 1440 g/mol. The van der Waals surface area contributed by atoms with Crippen LogP contribution in [0.15, 0.2) is 36.0 Å². The van der Waals surface area contributed by atoms with E-state index in [1.165, 1.54) is 6.07 Å². The van der Waals surface area contributed by atoms with Gasteiger partial charge in [0.15, 0.2) is 6.10 Å². The Kier molecular flexibility index (Phi) is 41.6. The summed E-state index contributed by atoms with van der Waals surface area (Å²) in [5.74, 6) is 0.190. The van der Waals surface area contributed by atoms with Crippen molar-refractivity contribution in [3.05, 3.63) is 22.2 Å². The third-order valence-corrected chi connectivity index (χ3v) is 13.0.